The maximum Gasteiger partial charge on any atom is 0.129 e. The Balaban J connectivity index is 3.88. The van der Waals surface area contributed by atoms with Crippen LogP contribution in [0.2, 0.25) is 19.6 Å². The summed E-state index contributed by atoms with van der Waals surface area (Å²) in [5.74, 6) is 2.96. The van der Waals surface area contributed by atoms with Gasteiger partial charge < -0.3 is 0 Å². The molecular weight excluding hydrogens is 192 g/mol. The highest BCUT2D eigenvalue weighted by molar-refractivity contribution is 9.11. The molecular formula is C7H11BrSi. The highest BCUT2D eigenvalue weighted by atomic mass is 79.9. The molecule has 0 fully saturated rings. The van der Waals surface area contributed by atoms with E-state index in [0.29, 0.717) is 0 Å². The molecule has 50 valence electrons. The number of allylic oxidation sites excluding steroid dienone is 1. The number of halogens is 1. The van der Waals surface area contributed by atoms with Gasteiger partial charge >= 0.3 is 0 Å². The third kappa shape index (κ3) is 8.00. The van der Waals surface area contributed by atoms with Crippen LogP contribution in [0.3, 0.4) is 0 Å². The van der Waals surface area contributed by atoms with E-state index in [1.807, 2.05) is 6.08 Å². The Hall–Kier alpha value is -0.00312. The van der Waals surface area contributed by atoms with Gasteiger partial charge in [-0.2, -0.15) is 0 Å². The lowest BCUT2D eigenvalue weighted by Crippen LogP contribution is -2.16. The van der Waals surface area contributed by atoms with E-state index < -0.39 is 8.07 Å². The van der Waals surface area contributed by atoms with Crippen LogP contribution in [0.4, 0.5) is 0 Å². The van der Waals surface area contributed by atoms with Gasteiger partial charge in [-0.05, 0) is 11.1 Å². The van der Waals surface area contributed by atoms with Gasteiger partial charge in [0, 0.05) is 0 Å². The summed E-state index contributed by atoms with van der Waals surface area (Å²) >= 11 is 3.15. The molecule has 0 spiro atoms. The molecule has 0 aromatic rings. The molecule has 0 radical (unpaired) electrons. The zero-order valence-electron chi connectivity index (χ0n) is 6.03. The van der Waals surface area contributed by atoms with Gasteiger partial charge in [0.05, 0.1) is 0 Å². The van der Waals surface area contributed by atoms with E-state index >= 15 is 0 Å². The summed E-state index contributed by atoms with van der Waals surface area (Å²) in [6.07, 6.45) is 1.82. The van der Waals surface area contributed by atoms with Crippen molar-refractivity contribution < 1.29 is 0 Å². The Kier molecular flexibility index (Phi) is 3.92. The molecule has 0 heterocycles. The minimum atomic E-state index is -1.13. The van der Waals surface area contributed by atoms with Crippen molar-refractivity contribution in [3.63, 3.8) is 0 Å². The molecule has 0 aliphatic carbocycles. The van der Waals surface area contributed by atoms with Crippen LogP contribution in [-0.4, -0.2) is 8.07 Å². The first kappa shape index (κ1) is 9.00. The van der Waals surface area contributed by atoms with Crippen LogP contribution in [0.1, 0.15) is 0 Å². The molecule has 0 atom stereocenters. The first-order valence-electron chi connectivity index (χ1n) is 2.84. The highest BCUT2D eigenvalue weighted by Gasteiger charge is 2.06. The normalized spacial score (nSPS) is 11.1. The Labute approximate surface area is 66.5 Å². The highest BCUT2D eigenvalue weighted by Crippen LogP contribution is 1.95. The van der Waals surface area contributed by atoms with Gasteiger partial charge in [-0.15, -0.1) is 5.54 Å². The molecule has 0 aromatic heterocycles. The van der Waals surface area contributed by atoms with Crippen LogP contribution in [0.25, 0.3) is 0 Å². The molecule has 0 amide bonds. The van der Waals surface area contributed by atoms with E-state index in [4.69, 9.17) is 0 Å². The molecule has 0 saturated carbocycles. The van der Waals surface area contributed by atoms with Gasteiger partial charge in [-0.25, -0.2) is 0 Å². The second-order valence-electron chi connectivity index (χ2n) is 2.81. The van der Waals surface area contributed by atoms with Crippen LogP contribution < -0.4 is 0 Å². The molecule has 0 N–H and O–H groups in total. The van der Waals surface area contributed by atoms with E-state index in [2.05, 4.69) is 47.0 Å². The van der Waals surface area contributed by atoms with Crippen LogP contribution in [0, 0.1) is 11.5 Å². The summed E-state index contributed by atoms with van der Waals surface area (Å²) in [5, 5.41) is 0. The first-order chi connectivity index (χ1) is 4.06. The first-order valence-corrected chi connectivity index (χ1v) is 7.26. The zero-order chi connectivity index (χ0) is 7.33. The largest absolute Gasteiger partial charge is 0.129 e. The van der Waals surface area contributed by atoms with E-state index in [-0.39, 0.29) is 0 Å². The van der Waals surface area contributed by atoms with E-state index in [1.54, 1.807) is 4.99 Å². The second-order valence-corrected chi connectivity index (χ2v) is 8.09. The van der Waals surface area contributed by atoms with Crippen LogP contribution in [0.5, 0.6) is 0 Å². The van der Waals surface area contributed by atoms with Crippen molar-refractivity contribution in [2.75, 3.05) is 0 Å². The minimum Gasteiger partial charge on any atom is -0.127 e. The SMILES string of the molecule is C[Si](C)(C)C#C/C=C\Br. The monoisotopic (exact) mass is 202 g/mol. The fourth-order valence-corrected chi connectivity index (χ4v) is 0.938. The van der Waals surface area contributed by atoms with Gasteiger partial charge in [0.15, 0.2) is 0 Å². The van der Waals surface area contributed by atoms with E-state index in [1.165, 1.54) is 0 Å². The van der Waals surface area contributed by atoms with Crippen molar-refractivity contribution in [2.45, 2.75) is 19.6 Å². The predicted molar refractivity (Wildman–Crippen MR) is 49.2 cm³/mol. The number of hydrogen-bond donors (Lipinski definition) is 0. The third-order valence-electron chi connectivity index (χ3n) is 0.593. The molecule has 0 aliphatic rings. The second kappa shape index (κ2) is 3.92. The van der Waals surface area contributed by atoms with E-state index in [9.17, 15) is 0 Å². The quantitative estimate of drug-likeness (QED) is 0.419. The fourth-order valence-electron chi connectivity index (χ4n) is 0.290. The van der Waals surface area contributed by atoms with Crippen molar-refractivity contribution in [3.8, 4) is 11.5 Å². The topological polar surface area (TPSA) is 0 Å². The maximum atomic E-state index is 3.19. The lowest BCUT2D eigenvalue weighted by atomic mass is 10.7. The average molecular weight is 203 g/mol. The molecule has 9 heavy (non-hydrogen) atoms. The Morgan fingerprint density at radius 3 is 2.22 bits per heavy atom. The number of hydrogen-bond acceptors (Lipinski definition) is 0. The van der Waals surface area contributed by atoms with Gasteiger partial charge in [0.1, 0.15) is 8.07 Å². The molecule has 0 bridgehead atoms. The average Bonchev–Trinajstić information content (AvgIpc) is 1.63. The van der Waals surface area contributed by atoms with E-state index in [0.717, 1.165) is 0 Å². The van der Waals surface area contributed by atoms with Crippen molar-refractivity contribution >= 4 is 24.0 Å². The molecule has 0 aromatic carbocycles. The molecule has 0 saturated heterocycles. The van der Waals surface area contributed by atoms with Gasteiger partial charge in [-0.1, -0.05) is 41.5 Å². The summed E-state index contributed by atoms with van der Waals surface area (Å²) in [6, 6.07) is 0. The van der Waals surface area contributed by atoms with Crippen molar-refractivity contribution in [1.29, 1.82) is 0 Å². The van der Waals surface area contributed by atoms with Gasteiger partial charge in [0.25, 0.3) is 0 Å². The van der Waals surface area contributed by atoms with Crippen LogP contribution >= 0.6 is 15.9 Å². The Bertz CT molecular complexity index is 154. The molecule has 2 heteroatoms. The smallest absolute Gasteiger partial charge is 0.127 e. The van der Waals surface area contributed by atoms with Gasteiger partial charge in [0.2, 0.25) is 0 Å². The van der Waals surface area contributed by atoms with Crippen LogP contribution in [0.15, 0.2) is 11.1 Å². The summed E-state index contributed by atoms with van der Waals surface area (Å²) in [5.41, 5.74) is 3.19. The summed E-state index contributed by atoms with van der Waals surface area (Å²) in [4.78, 5) is 1.78. The van der Waals surface area contributed by atoms with Crippen molar-refractivity contribution in [3.05, 3.63) is 11.1 Å². The third-order valence-corrected chi connectivity index (χ3v) is 1.75. The molecule has 0 rings (SSSR count). The standard InChI is InChI=1S/C7H11BrSi/c1-9(2,3)7-5-4-6-8/h4,6H,1-3H3/b6-4-. The van der Waals surface area contributed by atoms with Crippen molar-refractivity contribution in [2.24, 2.45) is 0 Å². The Morgan fingerprint density at radius 2 is 1.89 bits per heavy atom. The van der Waals surface area contributed by atoms with Crippen LogP contribution in [-0.2, 0) is 0 Å². The summed E-state index contributed by atoms with van der Waals surface area (Å²) < 4.78 is 0. The molecule has 0 nitrogen and oxygen atoms in total. The fraction of sp³-hybridized carbons (Fsp3) is 0.429. The van der Waals surface area contributed by atoms with Gasteiger partial charge in [-0.3, -0.25) is 0 Å². The number of rotatable bonds is 0. The summed E-state index contributed by atoms with van der Waals surface area (Å²) in [7, 11) is -1.13. The Morgan fingerprint density at radius 1 is 1.33 bits per heavy atom. The maximum absolute atomic E-state index is 3.19. The molecule has 0 aliphatic heterocycles. The summed E-state index contributed by atoms with van der Waals surface area (Å²) in [6.45, 7) is 6.67. The zero-order valence-corrected chi connectivity index (χ0v) is 8.62. The lowest BCUT2D eigenvalue weighted by molar-refractivity contribution is 1.81. The predicted octanol–water partition coefficient (Wildman–Crippen LogP) is 2.78. The van der Waals surface area contributed by atoms with Crippen molar-refractivity contribution in [1.82, 2.24) is 0 Å². The molecule has 0 unspecified atom stereocenters. The lowest BCUT2D eigenvalue weighted by Gasteiger charge is -2.01. The minimum absolute atomic E-state index is 1.13.